The quantitative estimate of drug-likeness (QED) is 0.430. The molecule has 0 heterocycles. The molecule has 0 amide bonds. The first-order valence-electron chi connectivity index (χ1n) is 4.91. The Morgan fingerprint density at radius 3 is 3.08 bits per heavy atom. The summed E-state index contributed by atoms with van der Waals surface area (Å²) in [6.07, 6.45) is 9.42. The molecule has 0 spiro atoms. The fraction of sp³-hybridized carbons (Fsp3) is 0.727. The summed E-state index contributed by atoms with van der Waals surface area (Å²) in [7, 11) is 0. The van der Waals surface area contributed by atoms with Crippen LogP contribution in [0.3, 0.4) is 0 Å². The number of hydrogen-bond donors (Lipinski definition) is 0. The van der Waals surface area contributed by atoms with Gasteiger partial charge in [0.15, 0.2) is 0 Å². The first-order chi connectivity index (χ1) is 5.78. The smallest absolute Gasteiger partial charge is 0.127 e. The van der Waals surface area contributed by atoms with Gasteiger partial charge in [-0.15, -0.1) is 0 Å². The lowest BCUT2D eigenvalue weighted by Gasteiger charge is -2.35. The van der Waals surface area contributed by atoms with Crippen LogP contribution in [-0.2, 0) is 4.79 Å². The van der Waals surface area contributed by atoms with E-state index in [9.17, 15) is 4.79 Å². The van der Waals surface area contributed by atoms with Gasteiger partial charge in [-0.25, -0.2) is 0 Å². The highest BCUT2D eigenvalue weighted by Crippen LogP contribution is 2.50. The molecule has 0 bridgehead atoms. The number of aldehydes is 1. The van der Waals surface area contributed by atoms with Gasteiger partial charge in [0.1, 0.15) is 6.29 Å². The molecular formula is C11H16O. The van der Waals surface area contributed by atoms with Crippen LogP contribution in [0.5, 0.6) is 0 Å². The molecule has 66 valence electrons. The summed E-state index contributed by atoms with van der Waals surface area (Å²) in [6.45, 7) is 2.18. The lowest BCUT2D eigenvalue weighted by molar-refractivity contribution is -0.119. The standard InChI is InChI=1S/C11H16O/c1-9-5-7-11(8-12)6-3-2-4-10(9)11/h5,8,10H,2-4,6-7H2,1H3/t10-,11+/m0/s1. The van der Waals surface area contributed by atoms with Crippen LogP contribution < -0.4 is 0 Å². The normalized spacial score (nSPS) is 40.4. The van der Waals surface area contributed by atoms with Crippen molar-refractivity contribution < 1.29 is 4.79 Å². The van der Waals surface area contributed by atoms with E-state index < -0.39 is 0 Å². The number of hydrogen-bond acceptors (Lipinski definition) is 1. The zero-order chi connectivity index (χ0) is 8.60. The van der Waals surface area contributed by atoms with E-state index in [1.165, 1.54) is 31.1 Å². The number of carbonyl (C=O) groups is 1. The van der Waals surface area contributed by atoms with Crippen molar-refractivity contribution in [2.75, 3.05) is 0 Å². The highest BCUT2D eigenvalue weighted by molar-refractivity contribution is 5.63. The lowest BCUT2D eigenvalue weighted by Crippen LogP contribution is -2.32. The van der Waals surface area contributed by atoms with Crippen LogP contribution in [0.4, 0.5) is 0 Å². The molecule has 0 aromatic rings. The molecule has 1 fully saturated rings. The number of carbonyl (C=O) groups excluding carboxylic acids is 1. The fourth-order valence-corrected chi connectivity index (χ4v) is 2.87. The molecule has 0 N–H and O–H groups in total. The van der Waals surface area contributed by atoms with Gasteiger partial charge in [-0.05, 0) is 32.1 Å². The Morgan fingerprint density at radius 2 is 2.42 bits per heavy atom. The summed E-state index contributed by atoms with van der Waals surface area (Å²) in [5.41, 5.74) is 1.49. The minimum Gasteiger partial charge on any atom is -0.303 e. The summed E-state index contributed by atoms with van der Waals surface area (Å²) < 4.78 is 0. The molecule has 2 aliphatic rings. The monoisotopic (exact) mass is 164 g/mol. The van der Waals surface area contributed by atoms with Crippen LogP contribution in [0.25, 0.3) is 0 Å². The molecule has 0 aliphatic heterocycles. The van der Waals surface area contributed by atoms with Crippen LogP contribution in [0.2, 0.25) is 0 Å². The maximum absolute atomic E-state index is 11.1. The molecule has 12 heavy (non-hydrogen) atoms. The van der Waals surface area contributed by atoms with Gasteiger partial charge in [-0.2, -0.15) is 0 Å². The Labute approximate surface area is 73.8 Å². The van der Waals surface area contributed by atoms with Gasteiger partial charge in [0, 0.05) is 5.41 Å². The van der Waals surface area contributed by atoms with Gasteiger partial charge >= 0.3 is 0 Å². The van der Waals surface area contributed by atoms with Crippen molar-refractivity contribution in [1.29, 1.82) is 0 Å². The van der Waals surface area contributed by atoms with Crippen molar-refractivity contribution >= 4 is 6.29 Å². The van der Waals surface area contributed by atoms with E-state index >= 15 is 0 Å². The van der Waals surface area contributed by atoms with Crippen LogP contribution in [0, 0.1) is 11.3 Å². The molecule has 0 unspecified atom stereocenters. The van der Waals surface area contributed by atoms with Crippen molar-refractivity contribution in [2.45, 2.75) is 39.0 Å². The SMILES string of the molecule is CC1=CC[C@@]2(C=O)CCCC[C@@H]12. The van der Waals surface area contributed by atoms with E-state index in [0.717, 1.165) is 12.8 Å². The Morgan fingerprint density at radius 1 is 1.58 bits per heavy atom. The summed E-state index contributed by atoms with van der Waals surface area (Å²) in [5.74, 6) is 0.587. The molecular weight excluding hydrogens is 148 g/mol. The van der Waals surface area contributed by atoms with Gasteiger partial charge in [0.25, 0.3) is 0 Å². The molecule has 1 heteroatoms. The average molecular weight is 164 g/mol. The van der Waals surface area contributed by atoms with Gasteiger partial charge < -0.3 is 4.79 Å². The van der Waals surface area contributed by atoms with E-state index in [4.69, 9.17) is 0 Å². The van der Waals surface area contributed by atoms with Crippen molar-refractivity contribution in [1.82, 2.24) is 0 Å². The highest BCUT2D eigenvalue weighted by atomic mass is 16.1. The summed E-state index contributed by atoms with van der Waals surface area (Å²) in [4.78, 5) is 11.1. The Balaban J connectivity index is 2.26. The minimum absolute atomic E-state index is 0.0301. The van der Waals surface area contributed by atoms with Crippen molar-refractivity contribution in [2.24, 2.45) is 11.3 Å². The fourth-order valence-electron chi connectivity index (χ4n) is 2.87. The number of allylic oxidation sites excluding steroid dienone is 2. The third-order valence-corrected chi connectivity index (χ3v) is 3.67. The largest absolute Gasteiger partial charge is 0.303 e. The maximum atomic E-state index is 11.1. The molecule has 0 radical (unpaired) electrons. The predicted octanol–water partition coefficient (Wildman–Crippen LogP) is 2.71. The zero-order valence-electron chi connectivity index (χ0n) is 7.68. The summed E-state index contributed by atoms with van der Waals surface area (Å²) in [5, 5.41) is 0. The molecule has 0 aromatic carbocycles. The molecule has 2 atom stereocenters. The molecule has 0 aromatic heterocycles. The van der Waals surface area contributed by atoms with Crippen molar-refractivity contribution in [3.8, 4) is 0 Å². The molecule has 2 rings (SSSR count). The Bertz CT molecular complexity index is 229. The van der Waals surface area contributed by atoms with Crippen LogP contribution in [0.15, 0.2) is 11.6 Å². The van der Waals surface area contributed by atoms with Gasteiger partial charge in [-0.1, -0.05) is 24.5 Å². The summed E-state index contributed by atoms with van der Waals surface area (Å²) >= 11 is 0. The van der Waals surface area contributed by atoms with Gasteiger partial charge in [-0.3, -0.25) is 0 Å². The highest BCUT2D eigenvalue weighted by Gasteiger charge is 2.43. The van der Waals surface area contributed by atoms with E-state index in [1.807, 2.05) is 0 Å². The second kappa shape index (κ2) is 2.72. The second-order valence-corrected chi connectivity index (χ2v) is 4.30. The van der Waals surface area contributed by atoms with Crippen LogP contribution in [0.1, 0.15) is 39.0 Å². The van der Waals surface area contributed by atoms with E-state index in [0.29, 0.717) is 5.92 Å². The van der Waals surface area contributed by atoms with E-state index in [1.54, 1.807) is 0 Å². The second-order valence-electron chi connectivity index (χ2n) is 4.30. The Hall–Kier alpha value is -0.590. The first-order valence-corrected chi connectivity index (χ1v) is 4.91. The van der Waals surface area contributed by atoms with E-state index in [2.05, 4.69) is 13.0 Å². The summed E-state index contributed by atoms with van der Waals surface area (Å²) in [6, 6.07) is 0. The van der Waals surface area contributed by atoms with Gasteiger partial charge in [0.05, 0.1) is 0 Å². The third kappa shape index (κ3) is 0.954. The molecule has 1 saturated carbocycles. The molecule has 2 aliphatic carbocycles. The first kappa shape index (κ1) is 8.03. The van der Waals surface area contributed by atoms with Crippen molar-refractivity contribution in [3.63, 3.8) is 0 Å². The van der Waals surface area contributed by atoms with E-state index in [-0.39, 0.29) is 5.41 Å². The topological polar surface area (TPSA) is 17.1 Å². The number of rotatable bonds is 1. The third-order valence-electron chi connectivity index (χ3n) is 3.67. The minimum atomic E-state index is 0.0301. The zero-order valence-corrected chi connectivity index (χ0v) is 7.68. The van der Waals surface area contributed by atoms with Crippen LogP contribution >= 0.6 is 0 Å². The van der Waals surface area contributed by atoms with Crippen LogP contribution in [-0.4, -0.2) is 6.29 Å². The molecule has 0 saturated heterocycles. The van der Waals surface area contributed by atoms with Crippen molar-refractivity contribution in [3.05, 3.63) is 11.6 Å². The lowest BCUT2D eigenvalue weighted by atomic mass is 9.67. The molecule has 1 nitrogen and oxygen atoms in total. The number of fused-ring (bicyclic) bond motifs is 1. The Kier molecular flexibility index (Phi) is 1.82. The maximum Gasteiger partial charge on any atom is 0.127 e. The average Bonchev–Trinajstić information content (AvgIpc) is 2.46. The van der Waals surface area contributed by atoms with Gasteiger partial charge in [0.2, 0.25) is 0 Å². The predicted molar refractivity (Wildman–Crippen MR) is 48.8 cm³/mol.